The lowest BCUT2D eigenvalue weighted by Crippen LogP contribution is -2.33. The average Bonchev–Trinajstić information content (AvgIpc) is 2.89. The molecule has 0 aliphatic carbocycles. The Labute approximate surface area is 152 Å². The van der Waals surface area contributed by atoms with Crippen molar-refractivity contribution in [3.63, 3.8) is 0 Å². The summed E-state index contributed by atoms with van der Waals surface area (Å²) in [6.45, 7) is 3.62. The molecule has 0 saturated carbocycles. The molecule has 2 aromatic carbocycles. The molecule has 5 nitrogen and oxygen atoms in total. The van der Waals surface area contributed by atoms with E-state index in [1.54, 1.807) is 29.2 Å². The first-order valence-corrected chi connectivity index (χ1v) is 9.93. The summed E-state index contributed by atoms with van der Waals surface area (Å²) in [7, 11) is -3.66. The fourth-order valence-electron chi connectivity index (χ4n) is 3.36. The molecule has 1 atom stereocenters. The smallest absolute Gasteiger partial charge is 0.240 e. The maximum Gasteiger partial charge on any atom is 0.240 e. The van der Waals surface area contributed by atoms with Crippen LogP contribution in [0, 0.1) is 5.82 Å². The van der Waals surface area contributed by atoms with Crippen molar-refractivity contribution in [2.75, 3.05) is 11.4 Å². The van der Waals surface area contributed by atoms with Gasteiger partial charge in [0.1, 0.15) is 5.82 Å². The van der Waals surface area contributed by atoms with Crippen LogP contribution in [0.3, 0.4) is 0 Å². The van der Waals surface area contributed by atoms with E-state index >= 15 is 0 Å². The lowest BCUT2D eigenvalue weighted by molar-refractivity contribution is -0.116. The van der Waals surface area contributed by atoms with Crippen LogP contribution in [0.5, 0.6) is 0 Å². The van der Waals surface area contributed by atoms with Gasteiger partial charge in [0.25, 0.3) is 0 Å². The fraction of sp³-hybridized carbons (Fsp3) is 0.316. The summed E-state index contributed by atoms with van der Waals surface area (Å²) in [4.78, 5) is 13.6. The highest BCUT2D eigenvalue weighted by Gasteiger charge is 2.30. The molecule has 1 aliphatic heterocycles. The van der Waals surface area contributed by atoms with Crippen molar-refractivity contribution in [1.29, 1.82) is 0 Å². The predicted molar refractivity (Wildman–Crippen MR) is 98.1 cm³/mol. The van der Waals surface area contributed by atoms with Crippen LogP contribution in [0.1, 0.15) is 25.0 Å². The van der Waals surface area contributed by atoms with E-state index in [4.69, 9.17) is 0 Å². The number of nitrogens with one attached hydrogen (secondary N) is 1. The normalized spacial score (nSPS) is 16.6. The molecule has 1 heterocycles. The van der Waals surface area contributed by atoms with Crippen molar-refractivity contribution in [2.45, 2.75) is 37.6 Å². The second-order valence-corrected chi connectivity index (χ2v) is 8.28. The molecule has 1 unspecified atom stereocenters. The third-order valence-electron chi connectivity index (χ3n) is 4.51. The Morgan fingerprint density at radius 2 is 2.04 bits per heavy atom. The Bertz CT molecular complexity index is 944. The van der Waals surface area contributed by atoms with E-state index in [1.807, 2.05) is 6.92 Å². The highest BCUT2D eigenvalue weighted by atomic mass is 32.2. The zero-order chi connectivity index (χ0) is 18.9. The average molecular weight is 376 g/mol. The number of amides is 1. The van der Waals surface area contributed by atoms with Crippen molar-refractivity contribution in [3.8, 4) is 0 Å². The number of sulfonamides is 1. The second kappa shape index (κ2) is 7.17. The molecule has 1 amide bonds. The lowest BCUT2D eigenvalue weighted by atomic mass is 10.1. The van der Waals surface area contributed by atoms with Gasteiger partial charge in [-0.3, -0.25) is 4.79 Å². The van der Waals surface area contributed by atoms with Crippen LogP contribution >= 0.6 is 0 Å². The second-order valence-electron chi connectivity index (χ2n) is 6.51. The van der Waals surface area contributed by atoms with Crippen LogP contribution in [0.25, 0.3) is 0 Å². The third kappa shape index (κ3) is 3.78. The fourth-order valence-corrected chi connectivity index (χ4v) is 4.44. The molecule has 0 aromatic heterocycles. The Morgan fingerprint density at radius 3 is 2.73 bits per heavy atom. The molecule has 0 fully saturated rings. The molecule has 0 spiro atoms. The third-order valence-corrected chi connectivity index (χ3v) is 5.97. The Hall–Kier alpha value is -2.25. The Kier molecular flexibility index (Phi) is 5.11. The monoisotopic (exact) mass is 376 g/mol. The first-order valence-electron chi connectivity index (χ1n) is 8.45. The van der Waals surface area contributed by atoms with Gasteiger partial charge >= 0.3 is 0 Å². The van der Waals surface area contributed by atoms with Crippen molar-refractivity contribution in [2.24, 2.45) is 0 Å². The standard InChI is InChI=1S/C19H21FN2O3S/c1-13-10-16-12-18(6-7-19(16)22(13)14(2)23)26(24,25)21-9-8-15-4-3-5-17(20)11-15/h3-7,11-13,21H,8-10H2,1-2H3. The molecule has 3 rings (SSSR count). The minimum Gasteiger partial charge on any atom is -0.309 e. The van der Waals surface area contributed by atoms with Gasteiger partial charge in [0.2, 0.25) is 15.9 Å². The van der Waals surface area contributed by atoms with E-state index < -0.39 is 10.0 Å². The van der Waals surface area contributed by atoms with E-state index in [2.05, 4.69) is 4.72 Å². The number of anilines is 1. The van der Waals surface area contributed by atoms with Crippen LogP contribution in [0.2, 0.25) is 0 Å². The number of rotatable bonds is 5. The highest BCUT2D eigenvalue weighted by Crippen LogP contribution is 2.33. The van der Waals surface area contributed by atoms with Gasteiger partial charge in [-0.05, 0) is 61.2 Å². The van der Waals surface area contributed by atoms with Crippen molar-refractivity contribution >= 4 is 21.6 Å². The number of carbonyl (C=O) groups excluding carboxylic acids is 1. The van der Waals surface area contributed by atoms with E-state index in [1.165, 1.54) is 25.1 Å². The summed E-state index contributed by atoms with van der Waals surface area (Å²) in [6.07, 6.45) is 1.03. The summed E-state index contributed by atoms with van der Waals surface area (Å²) < 4.78 is 40.8. The number of carbonyl (C=O) groups is 1. The van der Waals surface area contributed by atoms with Gasteiger partial charge in [-0.25, -0.2) is 17.5 Å². The van der Waals surface area contributed by atoms with Crippen molar-refractivity contribution in [1.82, 2.24) is 4.72 Å². The van der Waals surface area contributed by atoms with Crippen LogP contribution in [-0.4, -0.2) is 26.9 Å². The SMILES string of the molecule is CC(=O)N1c2ccc(S(=O)(=O)NCCc3cccc(F)c3)cc2CC1C. The molecule has 0 radical (unpaired) electrons. The highest BCUT2D eigenvalue weighted by molar-refractivity contribution is 7.89. The molecule has 7 heteroatoms. The minimum atomic E-state index is -3.66. The van der Waals surface area contributed by atoms with Crippen LogP contribution in [0.15, 0.2) is 47.4 Å². The molecule has 0 saturated heterocycles. The van der Waals surface area contributed by atoms with Gasteiger partial charge in [-0.2, -0.15) is 0 Å². The molecule has 2 aromatic rings. The maximum absolute atomic E-state index is 13.2. The molecule has 1 aliphatic rings. The summed E-state index contributed by atoms with van der Waals surface area (Å²) in [5, 5.41) is 0. The first kappa shape index (κ1) is 18.5. The van der Waals surface area contributed by atoms with Gasteiger partial charge < -0.3 is 4.90 Å². The number of halogens is 1. The summed E-state index contributed by atoms with van der Waals surface area (Å²) in [6, 6.07) is 10.9. The zero-order valence-corrected chi connectivity index (χ0v) is 15.5. The lowest BCUT2D eigenvalue weighted by Gasteiger charge is -2.20. The first-order chi connectivity index (χ1) is 12.3. The zero-order valence-electron chi connectivity index (χ0n) is 14.7. The maximum atomic E-state index is 13.2. The van der Waals surface area contributed by atoms with Crippen LogP contribution in [0.4, 0.5) is 10.1 Å². The van der Waals surface area contributed by atoms with Crippen LogP contribution < -0.4 is 9.62 Å². The number of hydrogen-bond donors (Lipinski definition) is 1. The molecular formula is C19H21FN2O3S. The Morgan fingerprint density at radius 1 is 1.27 bits per heavy atom. The Balaban J connectivity index is 1.72. The molecule has 26 heavy (non-hydrogen) atoms. The van der Waals surface area contributed by atoms with Gasteiger partial charge in [0.05, 0.1) is 4.90 Å². The molecule has 0 bridgehead atoms. The minimum absolute atomic E-state index is 0.0152. The number of nitrogens with zero attached hydrogens (tertiary/aromatic N) is 1. The quantitative estimate of drug-likeness (QED) is 0.872. The van der Waals surface area contributed by atoms with E-state index in [0.29, 0.717) is 12.8 Å². The summed E-state index contributed by atoms with van der Waals surface area (Å²) >= 11 is 0. The largest absolute Gasteiger partial charge is 0.309 e. The number of benzene rings is 2. The number of hydrogen-bond acceptors (Lipinski definition) is 3. The van der Waals surface area contributed by atoms with Gasteiger partial charge in [0, 0.05) is 25.2 Å². The van der Waals surface area contributed by atoms with Crippen LogP contribution in [-0.2, 0) is 27.7 Å². The predicted octanol–water partition coefficient (Wildman–Crippen LogP) is 2.64. The topological polar surface area (TPSA) is 66.5 Å². The summed E-state index contributed by atoms with van der Waals surface area (Å²) in [5.74, 6) is -0.395. The molecule has 1 N–H and O–H groups in total. The summed E-state index contributed by atoms with van der Waals surface area (Å²) in [5.41, 5.74) is 2.34. The number of fused-ring (bicyclic) bond motifs is 1. The van der Waals surface area contributed by atoms with E-state index in [-0.39, 0.29) is 29.2 Å². The van der Waals surface area contributed by atoms with Crippen molar-refractivity contribution in [3.05, 3.63) is 59.4 Å². The van der Waals surface area contributed by atoms with Gasteiger partial charge in [-0.1, -0.05) is 12.1 Å². The molecular weight excluding hydrogens is 355 g/mol. The van der Waals surface area contributed by atoms with Gasteiger partial charge in [0.15, 0.2) is 0 Å². The van der Waals surface area contributed by atoms with Gasteiger partial charge in [-0.15, -0.1) is 0 Å². The van der Waals surface area contributed by atoms with E-state index in [9.17, 15) is 17.6 Å². The molecule has 138 valence electrons. The van der Waals surface area contributed by atoms with Crippen molar-refractivity contribution < 1.29 is 17.6 Å². The van der Waals surface area contributed by atoms with E-state index in [0.717, 1.165) is 16.8 Å².